The van der Waals surface area contributed by atoms with Crippen LogP contribution >= 0.6 is 0 Å². The molecule has 1 aromatic heterocycles. The van der Waals surface area contributed by atoms with Gasteiger partial charge in [0, 0.05) is 25.0 Å². The van der Waals surface area contributed by atoms with E-state index in [2.05, 4.69) is 10.3 Å². The van der Waals surface area contributed by atoms with E-state index in [1.807, 2.05) is 74.1 Å². The maximum absolute atomic E-state index is 12.7. The minimum Gasteiger partial charge on any atom is -0.496 e. The average molecular weight is 393 g/mol. The van der Waals surface area contributed by atoms with Gasteiger partial charge in [0.15, 0.2) is 0 Å². The summed E-state index contributed by atoms with van der Waals surface area (Å²) < 4.78 is 13.2. The molecule has 0 aliphatic carbocycles. The number of methoxy groups -OCH3 is 1. The number of rotatable bonds is 8. The average Bonchev–Trinajstić information content (AvgIpc) is 3.14. The van der Waals surface area contributed by atoms with Crippen LogP contribution in [-0.2, 0) is 11.8 Å². The predicted molar refractivity (Wildman–Crippen MR) is 112 cm³/mol. The number of hydrogen-bond donors (Lipinski definition) is 1. The van der Waals surface area contributed by atoms with Crippen LogP contribution in [0.15, 0.2) is 54.9 Å². The summed E-state index contributed by atoms with van der Waals surface area (Å²) in [6.07, 6.45) is 3.81. The van der Waals surface area contributed by atoms with E-state index in [0.717, 1.165) is 28.3 Å². The van der Waals surface area contributed by atoms with Crippen LogP contribution in [0.4, 0.5) is 0 Å². The Morgan fingerprint density at radius 3 is 2.69 bits per heavy atom. The van der Waals surface area contributed by atoms with Crippen molar-refractivity contribution in [1.82, 2.24) is 14.9 Å². The summed E-state index contributed by atoms with van der Waals surface area (Å²) in [5, 5.41) is 3.08. The molecule has 0 saturated carbocycles. The summed E-state index contributed by atoms with van der Waals surface area (Å²) in [5.74, 6) is 2.13. The molecule has 6 nitrogen and oxygen atoms in total. The fourth-order valence-electron chi connectivity index (χ4n) is 3.19. The number of aromatic nitrogens is 2. The number of carbonyl (C=O) groups excluding carboxylic acids is 1. The highest BCUT2D eigenvalue weighted by Crippen LogP contribution is 2.29. The molecule has 2 aromatic carbocycles. The molecule has 0 saturated heterocycles. The van der Waals surface area contributed by atoms with Gasteiger partial charge in [-0.25, -0.2) is 4.98 Å². The van der Waals surface area contributed by atoms with Crippen LogP contribution in [0, 0.1) is 13.8 Å². The van der Waals surface area contributed by atoms with E-state index in [9.17, 15) is 4.79 Å². The topological polar surface area (TPSA) is 65.4 Å². The molecule has 0 radical (unpaired) electrons. The van der Waals surface area contributed by atoms with Crippen molar-refractivity contribution in [3.63, 3.8) is 0 Å². The first-order chi connectivity index (χ1) is 14.0. The lowest BCUT2D eigenvalue weighted by Gasteiger charge is -2.21. The monoisotopic (exact) mass is 393 g/mol. The van der Waals surface area contributed by atoms with Crippen LogP contribution in [0.5, 0.6) is 11.5 Å². The molecule has 0 fully saturated rings. The first-order valence-electron chi connectivity index (χ1n) is 9.59. The van der Waals surface area contributed by atoms with E-state index in [0.29, 0.717) is 12.4 Å². The molecule has 0 bridgehead atoms. The molecule has 1 amide bonds. The summed E-state index contributed by atoms with van der Waals surface area (Å²) in [4.78, 5) is 17.1. The van der Waals surface area contributed by atoms with Crippen LogP contribution in [0.1, 0.15) is 35.0 Å². The number of carbonyl (C=O) groups is 1. The van der Waals surface area contributed by atoms with Gasteiger partial charge >= 0.3 is 0 Å². The van der Waals surface area contributed by atoms with Gasteiger partial charge in [0.1, 0.15) is 23.4 Å². The summed E-state index contributed by atoms with van der Waals surface area (Å²) in [6.45, 7) is 4.31. The number of aryl methyl sites for hydroxylation is 3. The van der Waals surface area contributed by atoms with Gasteiger partial charge in [-0.3, -0.25) is 4.79 Å². The molecular weight excluding hydrogens is 366 g/mol. The third kappa shape index (κ3) is 4.96. The number of benzene rings is 2. The zero-order valence-corrected chi connectivity index (χ0v) is 17.3. The van der Waals surface area contributed by atoms with Crippen molar-refractivity contribution in [1.29, 1.82) is 0 Å². The molecule has 1 heterocycles. The van der Waals surface area contributed by atoms with E-state index in [1.165, 1.54) is 0 Å². The molecule has 1 N–H and O–H groups in total. The molecule has 152 valence electrons. The van der Waals surface area contributed by atoms with Gasteiger partial charge in [-0.15, -0.1) is 0 Å². The summed E-state index contributed by atoms with van der Waals surface area (Å²) in [5.41, 5.74) is 3.03. The molecule has 0 aliphatic rings. The molecular formula is C23H27N3O3. The van der Waals surface area contributed by atoms with Gasteiger partial charge in [-0.1, -0.05) is 30.3 Å². The Labute approximate surface area is 171 Å². The Hall–Kier alpha value is -3.28. The van der Waals surface area contributed by atoms with Gasteiger partial charge in [0.05, 0.1) is 20.1 Å². The Kier molecular flexibility index (Phi) is 6.54. The van der Waals surface area contributed by atoms with Crippen molar-refractivity contribution in [3.8, 4) is 11.5 Å². The molecule has 6 heteroatoms. The third-order valence-electron chi connectivity index (χ3n) is 4.80. The lowest BCUT2D eigenvalue weighted by molar-refractivity contribution is -0.122. The molecule has 0 aliphatic heterocycles. The van der Waals surface area contributed by atoms with Crippen LogP contribution in [-0.4, -0.2) is 29.2 Å². The van der Waals surface area contributed by atoms with E-state index in [-0.39, 0.29) is 12.3 Å². The van der Waals surface area contributed by atoms with Crippen molar-refractivity contribution in [2.24, 2.45) is 7.05 Å². The second kappa shape index (κ2) is 9.28. The summed E-state index contributed by atoms with van der Waals surface area (Å²) in [6, 6.07) is 13.3. The summed E-state index contributed by atoms with van der Waals surface area (Å²) >= 11 is 0. The van der Waals surface area contributed by atoms with E-state index < -0.39 is 6.04 Å². The molecule has 29 heavy (non-hydrogen) atoms. The van der Waals surface area contributed by atoms with E-state index in [1.54, 1.807) is 13.3 Å². The van der Waals surface area contributed by atoms with Crippen molar-refractivity contribution >= 4 is 5.91 Å². The minimum atomic E-state index is -0.417. The highest BCUT2D eigenvalue weighted by atomic mass is 16.5. The van der Waals surface area contributed by atoms with Gasteiger partial charge < -0.3 is 19.4 Å². The molecule has 1 unspecified atom stereocenters. The SMILES string of the molecule is COc1ccccc1C(NC(=O)CCOc1cc(C)ccc1C)c1nccn1C. The zero-order chi connectivity index (χ0) is 20.8. The normalized spacial score (nSPS) is 11.7. The standard InChI is InChI=1S/C23H27N3O3/c1-16-9-10-17(2)20(15-16)29-14-11-21(27)25-22(23-24-12-13-26(23)3)18-7-5-6-8-19(18)28-4/h5-10,12-13,15,22H,11,14H2,1-4H3,(H,25,27). The fraction of sp³-hybridized carbons (Fsp3) is 0.304. The number of nitrogens with one attached hydrogen (secondary N) is 1. The van der Waals surface area contributed by atoms with E-state index in [4.69, 9.17) is 9.47 Å². The molecule has 3 rings (SSSR count). The Bertz CT molecular complexity index is 981. The summed E-state index contributed by atoms with van der Waals surface area (Å²) in [7, 11) is 3.52. The molecule has 1 atom stereocenters. The second-order valence-corrected chi connectivity index (χ2v) is 7.01. The first-order valence-corrected chi connectivity index (χ1v) is 9.59. The van der Waals surface area contributed by atoms with Gasteiger partial charge in [-0.2, -0.15) is 0 Å². The maximum atomic E-state index is 12.7. The second-order valence-electron chi connectivity index (χ2n) is 7.01. The largest absolute Gasteiger partial charge is 0.496 e. The predicted octanol–water partition coefficient (Wildman–Crippen LogP) is 3.72. The highest BCUT2D eigenvalue weighted by molar-refractivity contribution is 5.77. The smallest absolute Gasteiger partial charge is 0.224 e. The van der Waals surface area contributed by atoms with E-state index >= 15 is 0 Å². The van der Waals surface area contributed by atoms with Crippen molar-refractivity contribution in [3.05, 3.63) is 77.4 Å². The van der Waals surface area contributed by atoms with Crippen molar-refractivity contribution in [2.75, 3.05) is 13.7 Å². The number of amides is 1. The number of ether oxygens (including phenoxy) is 2. The lowest BCUT2D eigenvalue weighted by atomic mass is 10.0. The van der Waals surface area contributed by atoms with Gasteiger partial charge in [0.25, 0.3) is 0 Å². The Balaban J connectivity index is 1.72. The Morgan fingerprint density at radius 1 is 1.17 bits per heavy atom. The molecule has 3 aromatic rings. The van der Waals surface area contributed by atoms with Crippen molar-refractivity contribution in [2.45, 2.75) is 26.3 Å². The third-order valence-corrected chi connectivity index (χ3v) is 4.80. The minimum absolute atomic E-state index is 0.116. The fourth-order valence-corrected chi connectivity index (χ4v) is 3.19. The molecule has 0 spiro atoms. The van der Waals surface area contributed by atoms with Crippen molar-refractivity contribution < 1.29 is 14.3 Å². The van der Waals surface area contributed by atoms with Gasteiger partial charge in [0.2, 0.25) is 5.91 Å². The van der Waals surface area contributed by atoms with Gasteiger partial charge in [-0.05, 0) is 37.1 Å². The van der Waals surface area contributed by atoms with Crippen LogP contribution in [0.3, 0.4) is 0 Å². The first kappa shape index (κ1) is 20.5. The lowest BCUT2D eigenvalue weighted by Crippen LogP contribution is -2.32. The number of imidazole rings is 1. The highest BCUT2D eigenvalue weighted by Gasteiger charge is 2.23. The number of para-hydroxylation sites is 1. The van der Waals surface area contributed by atoms with Crippen LogP contribution < -0.4 is 14.8 Å². The zero-order valence-electron chi connectivity index (χ0n) is 17.3. The Morgan fingerprint density at radius 2 is 1.97 bits per heavy atom. The number of hydrogen-bond acceptors (Lipinski definition) is 4. The van der Waals surface area contributed by atoms with Crippen LogP contribution in [0.25, 0.3) is 0 Å². The quantitative estimate of drug-likeness (QED) is 0.633. The van der Waals surface area contributed by atoms with Crippen LogP contribution in [0.2, 0.25) is 0 Å². The maximum Gasteiger partial charge on any atom is 0.224 e. The number of nitrogens with zero attached hydrogens (tertiary/aromatic N) is 2.